The molecule has 0 spiro atoms. The molecule has 2 heterocycles. The van der Waals surface area contributed by atoms with Gasteiger partial charge >= 0.3 is 0 Å². The number of sulfonamides is 1. The van der Waals surface area contributed by atoms with Gasteiger partial charge in [0.25, 0.3) is 0 Å². The lowest BCUT2D eigenvalue weighted by Crippen LogP contribution is -2.30. The van der Waals surface area contributed by atoms with Gasteiger partial charge in [-0.05, 0) is 18.2 Å². The smallest absolute Gasteiger partial charge is 0.243 e. The van der Waals surface area contributed by atoms with Crippen molar-refractivity contribution in [2.45, 2.75) is 49.4 Å². The predicted octanol–water partition coefficient (Wildman–Crippen LogP) is 3.14. The van der Waals surface area contributed by atoms with E-state index >= 15 is 0 Å². The van der Waals surface area contributed by atoms with E-state index in [1.807, 2.05) is 25.5 Å². The Kier molecular flexibility index (Phi) is 6.11. The van der Waals surface area contributed by atoms with Crippen molar-refractivity contribution in [3.05, 3.63) is 29.8 Å². The number of aromatic amines is 1. The summed E-state index contributed by atoms with van der Waals surface area (Å²) in [6.45, 7) is 8.73. The van der Waals surface area contributed by atoms with Gasteiger partial charge in [-0.1, -0.05) is 39.5 Å². The van der Waals surface area contributed by atoms with E-state index in [-0.39, 0.29) is 4.90 Å². The molecule has 0 saturated heterocycles. The minimum atomic E-state index is -3.49. The van der Waals surface area contributed by atoms with Gasteiger partial charge in [0.15, 0.2) is 5.16 Å². The fourth-order valence-corrected chi connectivity index (χ4v) is 5.34. The minimum absolute atomic E-state index is 0.279. The fourth-order valence-electron chi connectivity index (χ4n) is 3.07. The number of imidazole rings is 1. The maximum absolute atomic E-state index is 12.7. The molecule has 10 heteroatoms. The van der Waals surface area contributed by atoms with Crippen LogP contribution >= 0.6 is 11.8 Å². The summed E-state index contributed by atoms with van der Waals surface area (Å²) in [6, 6.07) is 5.02. The number of fused-ring (bicyclic) bond motifs is 1. The number of nitrogens with zero attached hydrogens (tertiary/aromatic N) is 5. The number of H-pyrrole nitrogens is 1. The van der Waals surface area contributed by atoms with Gasteiger partial charge in [-0.15, -0.1) is 10.2 Å². The maximum atomic E-state index is 12.7. The molecule has 1 aromatic carbocycles. The highest BCUT2D eigenvalue weighted by molar-refractivity contribution is 7.98. The SMILES string of the molecule is CCN(CC)S(=O)(=O)c1ccc2nc(CSc3nnc(C(C)C)n3C)[nH]c2c1. The van der Waals surface area contributed by atoms with Crippen molar-refractivity contribution >= 4 is 32.8 Å². The highest BCUT2D eigenvalue weighted by atomic mass is 32.2. The molecule has 0 unspecified atom stereocenters. The Morgan fingerprint density at radius 3 is 2.54 bits per heavy atom. The van der Waals surface area contributed by atoms with Crippen molar-refractivity contribution < 1.29 is 8.42 Å². The second-order valence-electron chi connectivity index (χ2n) is 6.79. The molecule has 0 radical (unpaired) electrons. The first kappa shape index (κ1) is 20.8. The molecule has 1 N–H and O–H groups in total. The van der Waals surface area contributed by atoms with Crippen LogP contribution in [0.25, 0.3) is 11.0 Å². The van der Waals surface area contributed by atoms with Crippen molar-refractivity contribution in [3.8, 4) is 0 Å². The van der Waals surface area contributed by atoms with Crippen LogP contribution in [0.3, 0.4) is 0 Å². The van der Waals surface area contributed by atoms with Crippen molar-refractivity contribution in [2.75, 3.05) is 13.1 Å². The third kappa shape index (κ3) is 3.94. The van der Waals surface area contributed by atoms with E-state index < -0.39 is 10.0 Å². The molecule has 8 nitrogen and oxygen atoms in total. The van der Waals surface area contributed by atoms with Crippen molar-refractivity contribution in [1.29, 1.82) is 0 Å². The lowest BCUT2D eigenvalue weighted by atomic mass is 10.2. The van der Waals surface area contributed by atoms with Crippen LogP contribution in [0.2, 0.25) is 0 Å². The van der Waals surface area contributed by atoms with Crippen LogP contribution in [-0.2, 0) is 22.8 Å². The second kappa shape index (κ2) is 8.22. The van der Waals surface area contributed by atoms with Crippen molar-refractivity contribution in [2.24, 2.45) is 7.05 Å². The van der Waals surface area contributed by atoms with E-state index in [2.05, 4.69) is 34.0 Å². The molecular formula is C18H26N6O2S2. The van der Waals surface area contributed by atoms with Gasteiger partial charge in [-0.2, -0.15) is 4.31 Å². The van der Waals surface area contributed by atoms with Crippen LogP contribution in [0.15, 0.2) is 28.3 Å². The van der Waals surface area contributed by atoms with Crippen LogP contribution in [0.5, 0.6) is 0 Å². The molecule has 152 valence electrons. The van der Waals surface area contributed by atoms with Crippen LogP contribution in [0, 0.1) is 0 Å². The van der Waals surface area contributed by atoms with Gasteiger partial charge in [0.1, 0.15) is 11.6 Å². The molecule has 3 rings (SSSR count). The number of aromatic nitrogens is 5. The Morgan fingerprint density at radius 1 is 1.21 bits per heavy atom. The van der Waals surface area contributed by atoms with Crippen LogP contribution in [0.4, 0.5) is 0 Å². The second-order valence-corrected chi connectivity index (χ2v) is 9.68. The molecule has 0 atom stereocenters. The quantitative estimate of drug-likeness (QED) is 0.560. The van der Waals surface area contributed by atoms with Gasteiger partial charge in [0.05, 0.1) is 21.7 Å². The molecule has 0 amide bonds. The molecule has 0 aliphatic carbocycles. The number of hydrogen-bond donors (Lipinski definition) is 1. The molecule has 0 fully saturated rings. The standard InChI is InChI=1S/C18H26N6O2S2/c1-6-24(7-2)28(25,26)13-8-9-14-15(10-13)20-16(19-14)11-27-18-22-21-17(12(3)4)23(18)5/h8-10,12H,6-7,11H2,1-5H3,(H,19,20). The molecule has 0 bridgehead atoms. The Balaban J connectivity index is 1.81. The van der Waals surface area contributed by atoms with Gasteiger partial charge < -0.3 is 9.55 Å². The minimum Gasteiger partial charge on any atom is -0.341 e. The first-order valence-electron chi connectivity index (χ1n) is 9.28. The summed E-state index contributed by atoms with van der Waals surface area (Å²) in [7, 11) is -1.53. The number of nitrogens with one attached hydrogen (secondary N) is 1. The predicted molar refractivity (Wildman–Crippen MR) is 111 cm³/mol. The van der Waals surface area contributed by atoms with E-state index in [4.69, 9.17) is 0 Å². The van der Waals surface area contributed by atoms with Gasteiger partial charge in [0, 0.05) is 26.1 Å². The maximum Gasteiger partial charge on any atom is 0.243 e. The first-order valence-corrected chi connectivity index (χ1v) is 11.7. The zero-order chi connectivity index (χ0) is 20.5. The Bertz CT molecular complexity index is 1070. The van der Waals surface area contributed by atoms with E-state index in [0.29, 0.717) is 30.3 Å². The third-order valence-electron chi connectivity index (χ3n) is 4.57. The number of benzene rings is 1. The highest BCUT2D eigenvalue weighted by Gasteiger charge is 2.22. The molecule has 0 aliphatic rings. The molecular weight excluding hydrogens is 396 g/mol. The summed E-state index contributed by atoms with van der Waals surface area (Å²) in [5, 5.41) is 9.30. The monoisotopic (exact) mass is 422 g/mol. The average Bonchev–Trinajstić information content (AvgIpc) is 3.22. The normalized spacial score (nSPS) is 12.5. The van der Waals surface area contributed by atoms with Gasteiger partial charge in [-0.3, -0.25) is 0 Å². The molecule has 2 aromatic heterocycles. The summed E-state index contributed by atoms with van der Waals surface area (Å²) >= 11 is 1.54. The van der Waals surface area contributed by atoms with Crippen molar-refractivity contribution in [3.63, 3.8) is 0 Å². The molecule has 3 aromatic rings. The summed E-state index contributed by atoms with van der Waals surface area (Å²) < 4.78 is 28.9. The largest absolute Gasteiger partial charge is 0.341 e. The number of thioether (sulfide) groups is 1. The Morgan fingerprint density at radius 2 is 1.93 bits per heavy atom. The summed E-state index contributed by atoms with van der Waals surface area (Å²) in [5.41, 5.74) is 1.46. The van der Waals surface area contributed by atoms with E-state index in [1.165, 1.54) is 4.31 Å². The molecule has 0 aliphatic heterocycles. The van der Waals surface area contributed by atoms with Crippen LogP contribution in [0.1, 0.15) is 45.3 Å². The van der Waals surface area contributed by atoms with Crippen molar-refractivity contribution in [1.82, 2.24) is 29.0 Å². The summed E-state index contributed by atoms with van der Waals surface area (Å²) in [6.07, 6.45) is 0. The highest BCUT2D eigenvalue weighted by Crippen LogP contribution is 2.25. The average molecular weight is 423 g/mol. The Labute approximate surface area is 169 Å². The lowest BCUT2D eigenvalue weighted by molar-refractivity contribution is 0.445. The van der Waals surface area contributed by atoms with Crippen LogP contribution < -0.4 is 0 Å². The van der Waals surface area contributed by atoms with E-state index in [9.17, 15) is 8.42 Å². The summed E-state index contributed by atoms with van der Waals surface area (Å²) in [5.74, 6) is 2.62. The molecule has 28 heavy (non-hydrogen) atoms. The van der Waals surface area contributed by atoms with E-state index in [0.717, 1.165) is 22.3 Å². The topological polar surface area (TPSA) is 96.8 Å². The van der Waals surface area contributed by atoms with E-state index in [1.54, 1.807) is 30.0 Å². The third-order valence-corrected chi connectivity index (χ3v) is 7.65. The Hall–Kier alpha value is -1.91. The number of rotatable bonds is 8. The molecule has 0 saturated carbocycles. The fraction of sp³-hybridized carbons (Fsp3) is 0.500. The van der Waals surface area contributed by atoms with Gasteiger partial charge in [0.2, 0.25) is 10.0 Å². The van der Waals surface area contributed by atoms with Crippen LogP contribution in [-0.4, -0.2) is 50.5 Å². The number of hydrogen-bond acceptors (Lipinski definition) is 6. The lowest BCUT2D eigenvalue weighted by Gasteiger charge is -2.18. The summed E-state index contributed by atoms with van der Waals surface area (Å²) in [4.78, 5) is 8.07. The first-order chi connectivity index (χ1) is 13.3. The zero-order valence-corrected chi connectivity index (χ0v) is 18.4. The zero-order valence-electron chi connectivity index (χ0n) is 16.8. The van der Waals surface area contributed by atoms with Gasteiger partial charge in [-0.25, -0.2) is 13.4 Å².